The predicted octanol–water partition coefficient (Wildman–Crippen LogP) is 3.23. The summed E-state index contributed by atoms with van der Waals surface area (Å²) in [5.74, 6) is 0.465. The van der Waals surface area contributed by atoms with E-state index >= 15 is 0 Å². The molecule has 0 radical (unpaired) electrons. The van der Waals surface area contributed by atoms with Crippen LogP contribution in [0.5, 0.6) is 17.2 Å². The van der Waals surface area contributed by atoms with Crippen molar-refractivity contribution in [2.24, 2.45) is 0 Å². The van der Waals surface area contributed by atoms with Gasteiger partial charge in [-0.2, -0.15) is 0 Å². The van der Waals surface area contributed by atoms with Crippen LogP contribution in [-0.4, -0.2) is 51.1 Å². The molecule has 0 unspecified atom stereocenters. The average Bonchev–Trinajstić information content (AvgIpc) is 2.89. The van der Waals surface area contributed by atoms with Crippen LogP contribution in [0, 0.1) is 0 Å². The summed E-state index contributed by atoms with van der Waals surface area (Å²) in [5.41, 5.74) is 0.989. The fourth-order valence-corrected chi connectivity index (χ4v) is 3.94. The molecule has 0 aliphatic carbocycles. The van der Waals surface area contributed by atoms with Crippen LogP contribution >= 0.6 is 11.6 Å². The minimum atomic E-state index is -0.951. The second-order valence-electron chi connectivity index (χ2n) is 8.40. The molecule has 0 spiro atoms. The Bertz CT molecular complexity index is 1060. The lowest BCUT2D eigenvalue weighted by atomic mass is 10.1. The van der Waals surface area contributed by atoms with Crippen molar-refractivity contribution in [3.63, 3.8) is 0 Å². The molecule has 0 bridgehead atoms. The summed E-state index contributed by atoms with van der Waals surface area (Å²) in [4.78, 5) is 38.6. The molecule has 194 valence electrons. The van der Waals surface area contributed by atoms with Gasteiger partial charge in [-0.05, 0) is 61.6 Å². The Morgan fingerprint density at radius 3 is 2.56 bits per heavy atom. The first-order chi connectivity index (χ1) is 17.4. The number of hydrogen-bond donors (Lipinski definition) is 3. The van der Waals surface area contributed by atoms with E-state index in [0.29, 0.717) is 35.4 Å². The molecular formula is C26H32ClN3O6. The van der Waals surface area contributed by atoms with E-state index < -0.39 is 17.9 Å². The summed E-state index contributed by atoms with van der Waals surface area (Å²) in [6.45, 7) is 1.15. The van der Waals surface area contributed by atoms with Crippen LogP contribution in [0.3, 0.4) is 0 Å². The van der Waals surface area contributed by atoms with Crippen LogP contribution in [0.15, 0.2) is 36.4 Å². The second kappa shape index (κ2) is 13.6. The lowest BCUT2D eigenvalue weighted by Crippen LogP contribution is -2.47. The maximum Gasteiger partial charge on any atom is 0.255 e. The molecule has 0 saturated carbocycles. The van der Waals surface area contributed by atoms with Gasteiger partial charge >= 0.3 is 0 Å². The number of hydrogen-bond acceptors (Lipinski definition) is 6. The minimum absolute atomic E-state index is 0.0876. The molecule has 2 aromatic carbocycles. The van der Waals surface area contributed by atoms with Crippen molar-refractivity contribution in [1.82, 2.24) is 16.0 Å². The van der Waals surface area contributed by atoms with Gasteiger partial charge in [-0.15, -0.1) is 0 Å². The Labute approximate surface area is 215 Å². The molecule has 1 atom stereocenters. The van der Waals surface area contributed by atoms with Gasteiger partial charge < -0.3 is 30.2 Å². The Balaban J connectivity index is 1.78. The number of methoxy groups -OCH3 is 2. The minimum Gasteiger partial charge on any atom is -0.497 e. The molecule has 0 fully saturated rings. The van der Waals surface area contributed by atoms with Crippen molar-refractivity contribution in [3.8, 4) is 17.2 Å². The van der Waals surface area contributed by atoms with E-state index in [9.17, 15) is 14.4 Å². The number of carbonyl (C=O) groups excluding carboxylic acids is 3. The van der Waals surface area contributed by atoms with Gasteiger partial charge in [0.05, 0.1) is 26.4 Å². The number of ether oxygens (including phenoxy) is 3. The second-order valence-corrected chi connectivity index (χ2v) is 8.84. The van der Waals surface area contributed by atoms with Gasteiger partial charge in [0.15, 0.2) is 0 Å². The summed E-state index contributed by atoms with van der Waals surface area (Å²) in [6, 6.07) is 9.14. The summed E-state index contributed by atoms with van der Waals surface area (Å²) in [5, 5.41) is 8.82. The van der Waals surface area contributed by atoms with Gasteiger partial charge in [-0.3, -0.25) is 14.4 Å². The Morgan fingerprint density at radius 1 is 1.08 bits per heavy atom. The SMILES string of the molecule is COc1cc(CNC(=O)[C@@H]2CCC(=O)NCCCCCOc3ccc(Cl)cc3C(=O)N2)cc(OC)c1. The monoisotopic (exact) mass is 517 g/mol. The first kappa shape index (κ1) is 27.1. The van der Waals surface area contributed by atoms with Crippen molar-refractivity contribution >= 4 is 29.3 Å². The molecule has 3 rings (SSSR count). The Morgan fingerprint density at radius 2 is 1.83 bits per heavy atom. The summed E-state index contributed by atoms with van der Waals surface area (Å²) in [6.07, 6.45) is 2.68. The third kappa shape index (κ3) is 8.05. The van der Waals surface area contributed by atoms with Gasteiger partial charge in [-0.25, -0.2) is 0 Å². The van der Waals surface area contributed by atoms with E-state index in [1.165, 1.54) is 6.07 Å². The van der Waals surface area contributed by atoms with E-state index in [0.717, 1.165) is 24.8 Å². The third-order valence-electron chi connectivity index (χ3n) is 5.75. The van der Waals surface area contributed by atoms with Crippen molar-refractivity contribution in [1.29, 1.82) is 0 Å². The lowest BCUT2D eigenvalue weighted by Gasteiger charge is -2.20. The fraction of sp³-hybridized carbons (Fsp3) is 0.423. The largest absolute Gasteiger partial charge is 0.497 e. The van der Waals surface area contributed by atoms with Gasteiger partial charge in [0, 0.05) is 30.6 Å². The number of fused-ring (bicyclic) bond motifs is 1. The zero-order chi connectivity index (χ0) is 25.9. The molecule has 1 heterocycles. The lowest BCUT2D eigenvalue weighted by molar-refractivity contribution is -0.124. The highest BCUT2D eigenvalue weighted by atomic mass is 35.5. The Hall–Kier alpha value is -3.46. The van der Waals surface area contributed by atoms with Crippen LogP contribution in [0.25, 0.3) is 0 Å². The number of nitrogens with one attached hydrogen (secondary N) is 3. The van der Waals surface area contributed by atoms with Crippen LogP contribution in [-0.2, 0) is 16.1 Å². The van der Waals surface area contributed by atoms with Gasteiger partial charge in [0.1, 0.15) is 23.3 Å². The number of halogens is 1. The topological polar surface area (TPSA) is 115 Å². The molecule has 36 heavy (non-hydrogen) atoms. The molecule has 0 aromatic heterocycles. The molecule has 3 amide bonds. The quantitative estimate of drug-likeness (QED) is 0.561. The maximum atomic E-state index is 13.2. The third-order valence-corrected chi connectivity index (χ3v) is 5.98. The van der Waals surface area contributed by atoms with Crippen molar-refractivity contribution in [2.45, 2.75) is 44.7 Å². The highest BCUT2D eigenvalue weighted by Gasteiger charge is 2.24. The summed E-state index contributed by atoms with van der Waals surface area (Å²) < 4.78 is 16.4. The van der Waals surface area contributed by atoms with Crippen molar-refractivity contribution in [2.75, 3.05) is 27.4 Å². The maximum absolute atomic E-state index is 13.2. The molecule has 10 heteroatoms. The van der Waals surface area contributed by atoms with Crippen molar-refractivity contribution in [3.05, 3.63) is 52.5 Å². The highest BCUT2D eigenvalue weighted by Crippen LogP contribution is 2.24. The zero-order valence-corrected chi connectivity index (χ0v) is 21.3. The normalized spacial score (nSPS) is 17.2. The molecule has 2 aromatic rings. The first-order valence-electron chi connectivity index (χ1n) is 11.9. The van der Waals surface area contributed by atoms with Gasteiger partial charge in [0.2, 0.25) is 11.8 Å². The number of carbonyl (C=O) groups is 3. The van der Waals surface area contributed by atoms with Gasteiger partial charge in [-0.1, -0.05) is 11.6 Å². The van der Waals surface area contributed by atoms with Gasteiger partial charge in [0.25, 0.3) is 5.91 Å². The van der Waals surface area contributed by atoms with E-state index in [1.807, 2.05) is 0 Å². The smallest absolute Gasteiger partial charge is 0.255 e. The molecule has 1 aliphatic heterocycles. The number of benzene rings is 2. The first-order valence-corrected chi connectivity index (χ1v) is 12.3. The summed E-state index contributed by atoms with van der Waals surface area (Å²) in [7, 11) is 3.09. The van der Waals surface area contributed by atoms with E-state index in [4.69, 9.17) is 25.8 Å². The summed E-state index contributed by atoms with van der Waals surface area (Å²) >= 11 is 6.13. The fourth-order valence-electron chi connectivity index (χ4n) is 3.77. The molecule has 1 aliphatic rings. The van der Waals surface area contributed by atoms with Crippen LogP contribution in [0.1, 0.15) is 48.0 Å². The van der Waals surface area contributed by atoms with E-state index in [-0.39, 0.29) is 30.9 Å². The van der Waals surface area contributed by atoms with Crippen molar-refractivity contribution < 1.29 is 28.6 Å². The predicted molar refractivity (Wildman–Crippen MR) is 136 cm³/mol. The Kier molecular flexibility index (Phi) is 10.2. The zero-order valence-electron chi connectivity index (χ0n) is 20.5. The highest BCUT2D eigenvalue weighted by molar-refractivity contribution is 6.31. The molecule has 0 saturated heterocycles. The number of rotatable bonds is 5. The van der Waals surface area contributed by atoms with E-state index in [1.54, 1.807) is 44.6 Å². The standard InChI is InChI=1S/C26H32ClN3O6/c1-34-19-12-17(13-20(15-19)35-2)16-29-26(33)22-7-9-24(31)28-10-4-3-5-11-36-23-8-6-18(27)14-21(23)25(32)30-22/h6,8,12-15,22H,3-5,7,9-11,16H2,1-2H3,(H,28,31)(H,29,33)(H,30,32)/t22-/m0/s1. The van der Waals surface area contributed by atoms with Crippen LogP contribution in [0.4, 0.5) is 0 Å². The van der Waals surface area contributed by atoms with Crippen LogP contribution in [0.2, 0.25) is 5.02 Å². The van der Waals surface area contributed by atoms with E-state index in [2.05, 4.69) is 16.0 Å². The number of amides is 3. The molecular weight excluding hydrogens is 486 g/mol. The van der Waals surface area contributed by atoms with Crippen LogP contribution < -0.4 is 30.2 Å². The molecule has 3 N–H and O–H groups in total. The average molecular weight is 518 g/mol. The molecule has 9 nitrogen and oxygen atoms in total.